The minimum absolute atomic E-state index is 0.0858. The molecule has 2 aromatic carbocycles. The first-order valence-electron chi connectivity index (χ1n) is 8.62. The van der Waals surface area contributed by atoms with Crippen molar-refractivity contribution >= 4 is 11.7 Å². The summed E-state index contributed by atoms with van der Waals surface area (Å²) in [6.07, 6.45) is 0.750. The number of methoxy groups -OCH3 is 1. The van der Waals surface area contributed by atoms with E-state index in [0.29, 0.717) is 17.2 Å². The van der Waals surface area contributed by atoms with Gasteiger partial charge in [-0.25, -0.2) is 10.3 Å². The molecule has 0 saturated heterocycles. The van der Waals surface area contributed by atoms with E-state index in [4.69, 9.17) is 19.4 Å². The van der Waals surface area contributed by atoms with Crippen LogP contribution in [0.3, 0.4) is 0 Å². The molecule has 7 nitrogen and oxygen atoms in total. The van der Waals surface area contributed by atoms with Crippen LogP contribution < -0.4 is 20.3 Å². The monoisotopic (exact) mass is 372 g/mol. The van der Waals surface area contributed by atoms with Crippen LogP contribution >= 0.6 is 0 Å². The fourth-order valence-corrected chi connectivity index (χ4v) is 3.39. The molecular weight excluding hydrogens is 348 g/mol. The molecule has 0 aliphatic carbocycles. The number of hydroxylamine groups is 1. The van der Waals surface area contributed by atoms with Gasteiger partial charge in [-0.05, 0) is 35.7 Å². The maximum atomic E-state index is 11.1. The summed E-state index contributed by atoms with van der Waals surface area (Å²) in [7, 11) is 1.65. The largest absolute Gasteiger partial charge is 0.462 e. The minimum Gasteiger partial charge on any atom is -0.462 e. The van der Waals surface area contributed by atoms with Gasteiger partial charge in [0, 0.05) is 37.8 Å². The highest BCUT2D eigenvalue weighted by molar-refractivity contribution is 5.88. The van der Waals surface area contributed by atoms with Crippen molar-refractivity contribution in [2.45, 2.75) is 38.4 Å². The van der Waals surface area contributed by atoms with Gasteiger partial charge in [0.15, 0.2) is 0 Å². The fraction of sp³-hybridized carbons (Fsp3) is 0.350. The Kier molecular flexibility index (Phi) is 4.99. The molecule has 144 valence electrons. The first-order chi connectivity index (χ1) is 12.7. The van der Waals surface area contributed by atoms with Gasteiger partial charge in [-0.15, -0.1) is 0 Å². The van der Waals surface area contributed by atoms with Crippen LogP contribution in [0.4, 0.5) is 10.5 Å². The van der Waals surface area contributed by atoms with Crippen molar-refractivity contribution in [2.24, 2.45) is 0 Å². The van der Waals surface area contributed by atoms with Gasteiger partial charge in [-0.2, -0.15) is 0 Å². The number of urea groups is 1. The lowest BCUT2D eigenvalue weighted by molar-refractivity contribution is -0.172. The van der Waals surface area contributed by atoms with E-state index in [0.717, 1.165) is 17.7 Å². The highest BCUT2D eigenvalue weighted by Gasteiger charge is 2.42. The van der Waals surface area contributed by atoms with Crippen LogP contribution in [0.5, 0.6) is 17.2 Å². The summed E-state index contributed by atoms with van der Waals surface area (Å²) < 4.78 is 17.5. The molecule has 1 unspecified atom stereocenters. The quantitative estimate of drug-likeness (QED) is 0.546. The van der Waals surface area contributed by atoms with Crippen molar-refractivity contribution in [3.05, 3.63) is 48.0 Å². The highest BCUT2D eigenvalue weighted by atomic mass is 16.7. The van der Waals surface area contributed by atoms with Crippen molar-refractivity contribution in [3.8, 4) is 17.2 Å². The maximum Gasteiger partial charge on any atom is 0.342 e. The highest BCUT2D eigenvalue weighted by Crippen LogP contribution is 2.46. The summed E-state index contributed by atoms with van der Waals surface area (Å²) in [6.45, 7) is 6.26. The molecule has 0 aromatic heterocycles. The standard InChI is InChI=1S/C20H24N2O5/c1-19(2)12-20(3,25-4)27-17-11-15(9-10-16(17)19)26-14-7-5-13(6-8-14)21-18(23)22-24/h5-11,24H,12H2,1-4H3,(H2,21,22,23). The molecule has 0 saturated carbocycles. The number of benzene rings is 2. The van der Waals surface area contributed by atoms with Gasteiger partial charge in [0.25, 0.3) is 0 Å². The van der Waals surface area contributed by atoms with E-state index in [2.05, 4.69) is 19.2 Å². The number of nitrogens with one attached hydrogen (secondary N) is 2. The average Bonchev–Trinajstić information content (AvgIpc) is 2.62. The number of fused-ring (bicyclic) bond motifs is 1. The topological polar surface area (TPSA) is 89.1 Å². The van der Waals surface area contributed by atoms with Gasteiger partial charge in [0.1, 0.15) is 17.2 Å². The van der Waals surface area contributed by atoms with Gasteiger partial charge in [0.05, 0.1) is 0 Å². The van der Waals surface area contributed by atoms with Crippen LogP contribution in [0.25, 0.3) is 0 Å². The molecule has 0 fully saturated rings. The van der Waals surface area contributed by atoms with Crippen LogP contribution in [0.2, 0.25) is 0 Å². The van der Waals surface area contributed by atoms with Crippen molar-refractivity contribution in [3.63, 3.8) is 0 Å². The van der Waals surface area contributed by atoms with E-state index in [1.54, 1.807) is 31.4 Å². The lowest BCUT2D eigenvalue weighted by atomic mass is 9.76. The van der Waals surface area contributed by atoms with Gasteiger partial charge in [-0.1, -0.05) is 19.9 Å². The van der Waals surface area contributed by atoms with Crippen LogP contribution in [-0.4, -0.2) is 24.1 Å². The third kappa shape index (κ3) is 4.15. The molecule has 1 atom stereocenters. The predicted octanol–water partition coefficient (Wildman–Crippen LogP) is 4.41. The molecule has 1 heterocycles. The van der Waals surface area contributed by atoms with Crippen molar-refractivity contribution in [1.82, 2.24) is 5.48 Å². The summed E-state index contributed by atoms with van der Waals surface area (Å²) in [4.78, 5) is 11.1. The van der Waals surface area contributed by atoms with Crippen LogP contribution in [0.1, 0.15) is 32.8 Å². The first-order valence-corrected chi connectivity index (χ1v) is 8.62. The second-order valence-electron chi connectivity index (χ2n) is 7.35. The summed E-state index contributed by atoms with van der Waals surface area (Å²) in [5.74, 6) is 1.30. The third-order valence-corrected chi connectivity index (χ3v) is 4.65. The van der Waals surface area contributed by atoms with Crippen LogP contribution in [0, 0.1) is 0 Å². The Balaban J connectivity index is 1.79. The summed E-state index contributed by atoms with van der Waals surface area (Å²) in [5, 5.41) is 11.0. The fourth-order valence-electron chi connectivity index (χ4n) is 3.39. The summed E-state index contributed by atoms with van der Waals surface area (Å²) in [6, 6.07) is 11.9. The Morgan fingerprint density at radius 2 is 1.78 bits per heavy atom. The number of rotatable bonds is 4. The van der Waals surface area contributed by atoms with Crippen molar-refractivity contribution in [1.29, 1.82) is 0 Å². The van der Waals surface area contributed by atoms with Crippen molar-refractivity contribution < 1.29 is 24.2 Å². The van der Waals surface area contributed by atoms with Gasteiger partial charge >= 0.3 is 6.03 Å². The van der Waals surface area contributed by atoms with Gasteiger partial charge in [-0.3, -0.25) is 5.21 Å². The molecular formula is C20H24N2O5. The van der Waals surface area contributed by atoms with Crippen LogP contribution in [-0.2, 0) is 10.2 Å². The normalized spacial score (nSPS) is 20.2. The molecule has 1 aliphatic heterocycles. The Labute approximate surface area is 158 Å². The van der Waals surface area contributed by atoms with Gasteiger partial charge < -0.3 is 19.5 Å². The Bertz CT molecular complexity index is 835. The third-order valence-electron chi connectivity index (χ3n) is 4.65. The molecule has 2 aromatic rings. The molecule has 0 bridgehead atoms. The predicted molar refractivity (Wildman–Crippen MR) is 101 cm³/mol. The summed E-state index contributed by atoms with van der Waals surface area (Å²) in [5.41, 5.74) is 3.06. The molecule has 0 radical (unpaired) electrons. The lowest BCUT2D eigenvalue weighted by Gasteiger charge is -2.43. The number of hydrogen-bond donors (Lipinski definition) is 3. The van der Waals surface area contributed by atoms with Crippen LogP contribution in [0.15, 0.2) is 42.5 Å². The molecule has 3 rings (SSSR count). The number of anilines is 1. The molecule has 7 heteroatoms. The number of ether oxygens (including phenoxy) is 3. The lowest BCUT2D eigenvalue weighted by Crippen LogP contribution is -2.45. The summed E-state index contributed by atoms with van der Waals surface area (Å²) >= 11 is 0. The van der Waals surface area contributed by atoms with E-state index >= 15 is 0 Å². The van der Waals surface area contributed by atoms with Gasteiger partial charge in [0.2, 0.25) is 5.79 Å². The van der Waals surface area contributed by atoms with E-state index < -0.39 is 11.8 Å². The number of carbonyl (C=O) groups excluding carboxylic acids is 1. The Morgan fingerprint density at radius 3 is 2.41 bits per heavy atom. The second-order valence-corrected chi connectivity index (χ2v) is 7.35. The first kappa shape index (κ1) is 19.0. The Morgan fingerprint density at radius 1 is 1.11 bits per heavy atom. The minimum atomic E-state index is -0.709. The number of amides is 2. The van der Waals surface area contributed by atoms with E-state index in [1.165, 1.54) is 5.48 Å². The second kappa shape index (κ2) is 7.09. The molecule has 3 N–H and O–H groups in total. The smallest absolute Gasteiger partial charge is 0.342 e. The molecule has 2 amide bonds. The van der Waals surface area contributed by atoms with Crippen molar-refractivity contribution in [2.75, 3.05) is 12.4 Å². The number of carbonyl (C=O) groups is 1. The zero-order valence-electron chi connectivity index (χ0n) is 15.8. The maximum absolute atomic E-state index is 11.1. The van der Waals surface area contributed by atoms with E-state index in [9.17, 15) is 4.79 Å². The zero-order chi connectivity index (χ0) is 19.7. The number of hydrogen-bond acceptors (Lipinski definition) is 5. The SMILES string of the molecule is COC1(C)CC(C)(C)c2ccc(Oc3ccc(NC(=O)NO)cc3)cc2O1. The zero-order valence-corrected chi connectivity index (χ0v) is 15.8. The molecule has 1 aliphatic rings. The Hall–Kier alpha value is -2.77. The van der Waals surface area contributed by atoms with E-state index in [1.807, 2.05) is 25.1 Å². The molecule has 0 spiro atoms. The van der Waals surface area contributed by atoms with E-state index in [-0.39, 0.29) is 5.41 Å². The average molecular weight is 372 g/mol. The molecule has 27 heavy (non-hydrogen) atoms.